The molecule has 1 aromatic heterocycles. The van der Waals surface area contributed by atoms with Crippen LogP contribution in [-0.2, 0) is 16.0 Å². The van der Waals surface area contributed by atoms with Gasteiger partial charge in [-0.25, -0.2) is 0 Å². The van der Waals surface area contributed by atoms with Crippen LogP contribution in [0.1, 0.15) is 50.5 Å². The standard InChI is InChI=1S/C27H35N3O2/c1-29(2)26(32)27(14-18-30(19-15-27)25(31)24-6-4-3-5-7-24)20-21-8-10-22(11-9-21)23-12-16-28-17-13-23/h8-13,16-17,24H,3-7,14-15,18-20H2,1-2H3. The van der Waals surface area contributed by atoms with Crippen LogP contribution in [-0.4, -0.2) is 53.8 Å². The Balaban J connectivity index is 1.47. The highest BCUT2D eigenvalue weighted by atomic mass is 16.2. The van der Waals surface area contributed by atoms with Gasteiger partial charge in [0.05, 0.1) is 5.41 Å². The number of aromatic nitrogens is 1. The minimum atomic E-state index is -0.439. The molecule has 1 aromatic carbocycles. The number of hydrogen-bond acceptors (Lipinski definition) is 3. The number of amides is 2. The highest BCUT2D eigenvalue weighted by Gasteiger charge is 2.43. The van der Waals surface area contributed by atoms with Crippen molar-refractivity contribution in [3.8, 4) is 11.1 Å². The lowest BCUT2D eigenvalue weighted by Gasteiger charge is -2.43. The highest BCUT2D eigenvalue weighted by Crippen LogP contribution is 2.38. The summed E-state index contributed by atoms with van der Waals surface area (Å²) < 4.78 is 0. The van der Waals surface area contributed by atoms with Gasteiger partial charge in [-0.15, -0.1) is 0 Å². The van der Waals surface area contributed by atoms with Crippen molar-refractivity contribution in [2.75, 3.05) is 27.2 Å². The lowest BCUT2D eigenvalue weighted by atomic mass is 9.72. The number of rotatable bonds is 5. The molecule has 2 aliphatic rings. The average Bonchev–Trinajstić information content (AvgIpc) is 2.85. The Labute approximate surface area is 191 Å². The summed E-state index contributed by atoms with van der Waals surface area (Å²) in [5.74, 6) is 0.694. The van der Waals surface area contributed by atoms with Crippen LogP contribution in [0.5, 0.6) is 0 Å². The fourth-order valence-electron chi connectivity index (χ4n) is 5.45. The van der Waals surface area contributed by atoms with E-state index in [1.54, 1.807) is 17.3 Å². The summed E-state index contributed by atoms with van der Waals surface area (Å²) in [6, 6.07) is 12.5. The Morgan fingerprint density at radius 3 is 2.12 bits per heavy atom. The monoisotopic (exact) mass is 433 g/mol. The van der Waals surface area contributed by atoms with Gasteiger partial charge < -0.3 is 9.80 Å². The first-order valence-corrected chi connectivity index (χ1v) is 12.0. The molecule has 2 fully saturated rings. The largest absolute Gasteiger partial charge is 0.348 e. The maximum atomic E-state index is 13.3. The third-order valence-corrected chi connectivity index (χ3v) is 7.36. The van der Waals surface area contributed by atoms with Gasteiger partial charge in [-0.05, 0) is 60.9 Å². The van der Waals surface area contributed by atoms with Crippen LogP contribution in [0.4, 0.5) is 0 Å². The van der Waals surface area contributed by atoms with Crippen LogP contribution in [0, 0.1) is 11.3 Å². The summed E-state index contributed by atoms with van der Waals surface area (Å²) in [6.07, 6.45) is 11.4. The minimum Gasteiger partial charge on any atom is -0.348 e. The minimum absolute atomic E-state index is 0.181. The molecule has 2 amide bonds. The van der Waals surface area contributed by atoms with Crippen LogP contribution >= 0.6 is 0 Å². The fourth-order valence-corrected chi connectivity index (χ4v) is 5.45. The van der Waals surface area contributed by atoms with Crippen molar-refractivity contribution in [1.82, 2.24) is 14.8 Å². The molecular weight excluding hydrogens is 398 g/mol. The highest BCUT2D eigenvalue weighted by molar-refractivity contribution is 5.84. The molecular formula is C27H35N3O2. The van der Waals surface area contributed by atoms with E-state index >= 15 is 0 Å². The third-order valence-electron chi connectivity index (χ3n) is 7.36. The van der Waals surface area contributed by atoms with Gasteiger partial charge >= 0.3 is 0 Å². The van der Waals surface area contributed by atoms with Gasteiger partial charge in [-0.3, -0.25) is 14.6 Å². The van der Waals surface area contributed by atoms with E-state index in [-0.39, 0.29) is 11.8 Å². The Bertz CT molecular complexity index is 910. The Hall–Kier alpha value is -2.69. The molecule has 32 heavy (non-hydrogen) atoms. The summed E-state index contributed by atoms with van der Waals surface area (Å²) >= 11 is 0. The normalized spacial score (nSPS) is 18.9. The predicted molar refractivity (Wildman–Crippen MR) is 127 cm³/mol. The van der Waals surface area contributed by atoms with E-state index in [1.165, 1.54) is 24.8 Å². The number of carbonyl (C=O) groups excluding carboxylic acids is 2. The number of likely N-dealkylation sites (tertiary alicyclic amines) is 1. The molecule has 0 unspecified atom stereocenters. The molecule has 1 aliphatic carbocycles. The second-order valence-electron chi connectivity index (χ2n) is 9.75. The first-order valence-electron chi connectivity index (χ1n) is 12.0. The molecule has 2 aromatic rings. The van der Waals surface area contributed by atoms with Crippen molar-refractivity contribution in [3.63, 3.8) is 0 Å². The molecule has 4 rings (SSSR count). The van der Waals surface area contributed by atoms with E-state index in [0.717, 1.165) is 36.8 Å². The van der Waals surface area contributed by atoms with Crippen molar-refractivity contribution in [2.24, 2.45) is 11.3 Å². The van der Waals surface area contributed by atoms with Gasteiger partial charge in [0.25, 0.3) is 0 Å². The van der Waals surface area contributed by atoms with Crippen LogP contribution in [0.15, 0.2) is 48.8 Å². The molecule has 0 radical (unpaired) electrons. The smallest absolute Gasteiger partial charge is 0.228 e. The fraction of sp³-hybridized carbons (Fsp3) is 0.519. The summed E-state index contributed by atoms with van der Waals surface area (Å²) in [4.78, 5) is 34.2. The average molecular weight is 434 g/mol. The summed E-state index contributed by atoms with van der Waals surface area (Å²) in [7, 11) is 3.69. The van der Waals surface area contributed by atoms with Crippen molar-refractivity contribution in [1.29, 1.82) is 0 Å². The van der Waals surface area contributed by atoms with Crippen molar-refractivity contribution >= 4 is 11.8 Å². The molecule has 0 spiro atoms. The first kappa shape index (κ1) is 22.5. The van der Waals surface area contributed by atoms with E-state index in [9.17, 15) is 9.59 Å². The predicted octanol–water partition coefficient (Wildman–Crippen LogP) is 4.57. The number of benzene rings is 1. The van der Waals surface area contributed by atoms with Gasteiger partial charge in [-0.2, -0.15) is 0 Å². The molecule has 5 nitrogen and oxygen atoms in total. The zero-order valence-electron chi connectivity index (χ0n) is 19.4. The van der Waals surface area contributed by atoms with E-state index in [2.05, 4.69) is 29.2 Å². The SMILES string of the molecule is CN(C)C(=O)C1(Cc2ccc(-c3ccncc3)cc2)CCN(C(=O)C2CCCCC2)CC1. The second kappa shape index (κ2) is 9.85. The van der Waals surface area contributed by atoms with Crippen molar-refractivity contribution in [3.05, 3.63) is 54.4 Å². The van der Waals surface area contributed by atoms with Gasteiger partial charge in [-0.1, -0.05) is 43.5 Å². The second-order valence-corrected chi connectivity index (χ2v) is 9.75. The van der Waals surface area contributed by atoms with E-state index in [1.807, 2.05) is 31.1 Å². The number of carbonyl (C=O) groups is 2. The molecule has 170 valence electrons. The maximum Gasteiger partial charge on any atom is 0.228 e. The van der Waals surface area contributed by atoms with E-state index in [4.69, 9.17) is 0 Å². The topological polar surface area (TPSA) is 53.5 Å². The van der Waals surface area contributed by atoms with Crippen molar-refractivity contribution in [2.45, 2.75) is 51.4 Å². The maximum absolute atomic E-state index is 13.3. The Morgan fingerprint density at radius 2 is 1.53 bits per heavy atom. The molecule has 0 N–H and O–H groups in total. The van der Waals surface area contributed by atoms with Crippen molar-refractivity contribution < 1.29 is 9.59 Å². The lowest BCUT2D eigenvalue weighted by Crippen LogP contribution is -2.52. The number of pyridine rings is 1. The molecule has 0 bridgehead atoms. The summed E-state index contributed by atoms with van der Waals surface area (Å²) in [5.41, 5.74) is 3.02. The summed E-state index contributed by atoms with van der Waals surface area (Å²) in [5, 5.41) is 0. The van der Waals surface area contributed by atoms with Crippen LogP contribution < -0.4 is 0 Å². The zero-order chi connectivity index (χ0) is 22.6. The van der Waals surface area contributed by atoms with E-state index in [0.29, 0.717) is 25.4 Å². The third kappa shape index (κ3) is 4.87. The Morgan fingerprint density at radius 1 is 0.938 bits per heavy atom. The molecule has 1 saturated carbocycles. The first-order chi connectivity index (χ1) is 15.5. The van der Waals surface area contributed by atoms with Gasteiger partial charge in [0.1, 0.15) is 0 Å². The molecule has 1 saturated heterocycles. The van der Waals surface area contributed by atoms with Crippen LogP contribution in [0.2, 0.25) is 0 Å². The van der Waals surface area contributed by atoms with Gasteiger partial charge in [0, 0.05) is 45.5 Å². The number of piperidine rings is 1. The van der Waals surface area contributed by atoms with E-state index < -0.39 is 5.41 Å². The quantitative estimate of drug-likeness (QED) is 0.694. The lowest BCUT2D eigenvalue weighted by molar-refractivity contribution is -0.148. The molecule has 5 heteroatoms. The molecule has 2 heterocycles. The Kier molecular flexibility index (Phi) is 6.92. The summed E-state index contributed by atoms with van der Waals surface area (Å²) in [6.45, 7) is 1.37. The molecule has 1 aliphatic heterocycles. The number of hydrogen-bond donors (Lipinski definition) is 0. The van der Waals surface area contributed by atoms with Crippen LogP contribution in [0.25, 0.3) is 11.1 Å². The van der Waals surface area contributed by atoms with Crippen LogP contribution in [0.3, 0.4) is 0 Å². The van der Waals surface area contributed by atoms with Gasteiger partial charge in [0.2, 0.25) is 11.8 Å². The number of nitrogens with zero attached hydrogens (tertiary/aromatic N) is 3. The molecule has 0 atom stereocenters. The van der Waals surface area contributed by atoms with Gasteiger partial charge in [0.15, 0.2) is 0 Å². The zero-order valence-corrected chi connectivity index (χ0v) is 19.4.